The van der Waals surface area contributed by atoms with Crippen molar-refractivity contribution in [2.75, 3.05) is 0 Å². The maximum absolute atomic E-state index is 8.54. The van der Waals surface area contributed by atoms with Crippen LogP contribution >= 0.6 is 0 Å². The SMILES string of the molecule is [Al+3].[Al+3].[Cu+2].[O-2].[O]=[Cr]([O-])[O-].[O]=[Cr]([O-])[O-].[O]=[Cr]([O-])[O-]. The van der Waals surface area contributed by atoms with Crippen LogP contribution in [-0.4, -0.2) is 34.7 Å². The Hall–Kier alpha value is 2.30. The fourth-order valence-corrected chi connectivity index (χ4v) is 0. The Morgan fingerprint density at radius 2 is 0.562 bits per heavy atom. The Morgan fingerprint density at radius 3 is 0.562 bits per heavy atom. The first-order chi connectivity index (χ1) is 5.20. The minimum atomic E-state index is -3.79. The van der Waals surface area contributed by atoms with Gasteiger partial charge in [0, 0.05) is 0 Å². The van der Waals surface area contributed by atoms with Crippen molar-refractivity contribution in [1.29, 1.82) is 0 Å². The Balaban J connectivity index is -0.0000000135. The third-order valence-electron chi connectivity index (χ3n) is 0. The van der Waals surface area contributed by atoms with Crippen molar-refractivity contribution in [3.8, 4) is 0 Å². The van der Waals surface area contributed by atoms with E-state index in [2.05, 4.69) is 0 Å². The molecule has 1 radical (unpaired) electrons. The summed E-state index contributed by atoms with van der Waals surface area (Å²) in [6.45, 7) is 0. The fraction of sp³-hybridized carbons (Fsp3) is 0. The molecule has 0 atom stereocenters. The molecule has 0 spiro atoms. The Morgan fingerprint density at radius 1 is 0.562 bits per heavy atom. The second kappa shape index (κ2) is 36.0. The van der Waals surface area contributed by atoms with Gasteiger partial charge >= 0.3 is 132 Å². The van der Waals surface area contributed by atoms with Gasteiger partial charge in [-0.05, 0) is 0 Å². The molecule has 0 unspecified atom stereocenters. The molecular weight excluding hydrogens is 433 g/mol. The van der Waals surface area contributed by atoms with Gasteiger partial charge in [-0.2, -0.15) is 0 Å². The van der Waals surface area contributed by atoms with E-state index in [4.69, 9.17) is 36.4 Å². The van der Waals surface area contributed by atoms with Crippen LogP contribution in [0.2, 0.25) is 0 Å². The second-order valence-corrected chi connectivity index (χ2v) is 2.52. The van der Waals surface area contributed by atoms with Crippen molar-refractivity contribution in [1.82, 2.24) is 0 Å². The minimum absolute atomic E-state index is 0. The van der Waals surface area contributed by atoms with Gasteiger partial charge in [-0.15, -0.1) is 0 Å². The van der Waals surface area contributed by atoms with Gasteiger partial charge in [-0.25, -0.2) is 0 Å². The molecule has 16 heavy (non-hydrogen) atoms. The fourth-order valence-electron chi connectivity index (χ4n) is 0. The quantitative estimate of drug-likeness (QED) is 0.330. The summed E-state index contributed by atoms with van der Waals surface area (Å²) in [5.41, 5.74) is 0. The van der Waals surface area contributed by atoms with Crippen molar-refractivity contribution in [2.45, 2.75) is 0 Å². The molecule has 0 rings (SSSR count). The molecule has 0 aromatic rings. The monoisotopic (exact) mass is 433 g/mol. The van der Waals surface area contributed by atoms with Crippen molar-refractivity contribution in [2.24, 2.45) is 0 Å². The molecule has 0 aromatic heterocycles. The van der Waals surface area contributed by atoms with Crippen LogP contribution in [0, 0.1) is 0 Å². The van der Waals surface area contributed by atoms with Crippen molar-refractivity contribution in [3.63, 3.8) is 0 Å². The van der Waals surface area contributed by atoms with E-state index in [0.717, 1.165) is 0 Å². The molecule has 0 amide bonds. The summed E-state index contributed by atoms with van der Waals surface area (Å²) in [4.78, 5) is 0. The average molecular weight is 433 g/mol. The molecule has 0 heterocycles. The van der Waals surface area contributed by atoms with Gasteiger partial charge in [0.05, 0.1) is 0 Å². The molecule has 0 bridgehead atoms. The summed E-state index contributed by atoms with van der Waals surface area (Å²) < 4.78 is 76.9. The van der Waals surface area contributed by atoms with Crippen LogP contribution < -0.4 is 24.9 Å². The zero-order valence-corrected chi connectivity index (χ0v) is 13.8. The second-order valence-electron chi connectivity index (χ2n) is 0.612. The van der Waals surface area contributed by atoms with Gasteiger partial charge < -0.3 is 5.48 Å². The summed E-state index contributed by atoms with van der Waals surface area (Å²) in [6.07, 6.45) is 0. The molecule has 0 aromatic carbocycles. The van der Waals surface area contributed by atoms with Gasteiger partial charge in [0.1, 0.15) is 0 Å². The number of rotatable bonds is 0. The third-order valence-corrected chi connectivity index (χ3v) is 0. The maximum atomic E-state index is 8.54. The van der Waals surface area contributed by atoms with E-state index in [0.29, 0.717) is 0 Å². The van der Waals surface area contributed by atoms with Crippen molar-refractivity contribution >= 4 is 34.7 Å². The molecule has 10 nitrogen and oxygen atoms in total. The molecule has 0 saturated carbocycles. The predicted molar refractivity (Wildman–Crippen MR) is 14.3 cm³/mol. The Labute approximate surface area is 136 Å². The zero-order valence-electron chi connectivity index (χ0n) is 6.76. The van der Waals surface area contributed by atoms with Crippen LogP contribution in [0.25, 0.3) is 0 Å². The molecule has 0 fully saturated rings. The average Bonchev–Trinajstić information content (AvgIpc) is 1.54. The first kappa shape index (κ1) is 42.9. The van der Waals surface area contributed by atoms with Gasteiger partial charge in [0.2, 0.25) is 0 Å². The van der Waals surface area contributed by atoms with Gasteiger partial charge in [-0.3, -0.25) is 0 Å². The Kier molecular flexibility index (Phi) is 96.5. The van der Waals surface area contributed by atoms with E-state index in [1.165, 1.54) is 0 Å². The first-order valence-electron chi connectivity index (χ1n) is 1.50. The molecule has 95 valence electrons. The summed E-state index contributed by atoms with van der Waals surface area (Å²) in [5, 5.41) is 0. The molecule has 0 aliphatic carbocycles. The van der Waals surface area contributed by atoms with E-state index < -0.39 is 44.3 Å². The molecule has 0 saturated heterocycles. The molecular formula is Al2Cr3CuO10. The third kappa shape index (κ3) is 720. The van der Waals surface area contributed by atoms with Gasteiger partial charge in [-0.1, -0.05) is 0 Å². The van der Waals surface area contributed by atoms with Crippen LogP contribution in [-0.2, 0) is 78.2 Å². The molecule has 0 N–H and O–H groups in total. The molecule has 16 heteroatoms. The Bertz CT molecular complexity index is 122. The van der Waals surface area contributed by atoms with Crippen molar-refractivity contribution in [3.05, 3.63) is 0 Å². The van der Waals surface area contributed by atoms with E-state index in [9.17, 15) is 0 Å². The van der Waals surface area contributed by atoms with Crippen molar-refractivity contribution < 1.29 is 103 Å². The predicted octanol–water partition coefficient (Wildman–Crippen LogP) is -8.38. The van der Waals surface area contributed by atoms with Crippen LogP contribution in [0.5, 0.6) is 0 Å². The molecule has 0 aliphatic rings. The van der Waals surface area contributed by atoms with E-state index in [-0.39, 0.29) is 57.3 Å². The summed E-state index contributed by atoms with van der Waals surface area (Å²) in [6, 6.07) is 0. The van der Waals surface area contributed by atoms with E-state index >= 15 is 0 Å². The number of hydrogen-bond donors (Lipinski definition) is 0. The normalized spacial score (nSPS) is 6.56. The summed E-state index contributed by atoms with van der Waals surface area (Å²) >= 11 is -11.4. The van der Waals surface area contributed by atoms with E-state index in [1.807, 2.05) is 0 Å². The first-order valence-corrected chi connectivity index (χ1v) is 6.18. The van der Waals surface area contributed by atoms with Crippen LogP contribution in [0.3, 0.4) is 0 Å². The number of hydrogen-bond acceptors (Lipinski definition) is 9. The van der Waals surface area contributed by atoms with Crippen LogP contribution in [0.15, 0.2) is 0 Å². The van der Waals surface area contributed by atoms with Crippen LogP contribution in [0.4, 0.5) is 0 Å². The summed E-state index contributed by atoms with van der Waals surface area (Å²) in [7, 11) is 0. The van der Waals surface area contributed by atoms with Gasteiger partial charge in [0.25, 0.3) is 0 Å². The van der Waals surface area contributed by atoms with Crippen LogP contribution in [0.1, 0.15) is 0 Å². The zero-order chi connectivity index (χ0) is 10.7. The summed E-state index contributed by atoms with van der Waals surface area (Å²) in [5.74, 6) is 0. The van der Waals surface area contributed by atoms with E-state index in [1.54, 1.807) is 0 Å². The molecule has 0 aliphatic heterocycles. The standard InChI is InChI=1S/2Al.3Cr.Cu.10O/q2*+3;;;;+2;;;;-2;6*-1. The topological polar surface area (TPSA) is 218 Å². The van der Waals surface area contributed by atoms with Gasteiger partial charge in [0.15, 0.2) is 0 Å².